The monoisotopic (exact) mass is 731 g/mol. The van der Waals surface area contributed by atoms with Crippen LogP contribution >= 0.6 is 34.4 Å². The summed E-state index contributed by atoms with van der Waals surface area (Å²) in [5, 5.41) is 2.79. The van der Waals surface area contributed by atoms with E-state index in [1.54, 1.807) is 0 Å². The molecule has 4 aromatic heterocycles. The lowest BCUT2D eigenvalue weighted by Gasteiger charge is -2.22. The van der Waals surface area contributed by atoms with Gasteiger partial charge in [0.1, 0.15) is 11.0 Å². The van der Waals surface area contributed by atoms with Crippen molar-refractivity contribution in [3.05, 3.63) is 83.2 Å². The molecule has 0 aliphatic heterocycles. The van der Waals surface area contributed by atoms with Crippen LogP contribution in [0.25, 0.3) is 64.2 Å². The SMILES string of the molecule is CCCCCCCCC(CCCCCCCC)n1c2ccc(C)cc2c2cc(-c3ccc(-c4ccc(-c5ccc(C)s5)c5nsnc45)s3)ccc21. The molecule has 0 radical (unpaired) electrons. The van der Waals surface area contributed by atoms with Gasteiger partial charge in [0.15, 0.2) is 0 Å². The summed E-state index contributed by atoms with van der Waals surface area (Å²) >= 11 is 5.00. The van der Waals surface area contributed by atoms with E-state index in [-0.39, 0.29) is 0 Å². The zero-order valence-corrected chi connectivity index (χ0v) is 33.4. The summed E-state index contributed by atoms with van der Waals surface area (Å²) in [5.41, 5.74) is 9.79. The van der Waals surface area contributed by atoms with Crippen LogP contribution in [0.2, 0.25) is 0 Å². The van der Waals surface area contributed by atoms with Crippen LogP contribution in [0, 0.1) is 13.8 Å². The summed E-state index contributed by atoms with van der Waals surface area (Å²) in [6.45, 7) is 9.02. The predicted molar refractivity (Wildman–Crippen MR) is 227 cm³/mol. The molecule has 51 heavy (non-hydrogen) atoms. The van der Waals surface area contributed by atoms with Crippen molar-refractivity contribution in [1.82, 2.24) is 13.3 Å². The highest BCUT2D eigenvalue weighted by molar-refractivity contribution is 7.19. The third kappa shape index (κ3) is 8.04. The quantitative estimate of drug-likeness (QED) is 0.0823. The fourth-order valence-electron chi connectivity index (χ4n) is 7.92. The van der Waals surface area contributed by atoms with Crippen molar-refractivity contribution in [2.75, 3.05) is 0 Å². The van der Waals surface area contributed by atoms with Crippen molar-refractivity contribution < 1.29 is 0 Å². The highest BCUT2D eigenvalue weighted by atomic mass is 32.1. The maximum Gasteiger partial charge on any atom is 0.114 e. The second-order valence-corrected chi connectivity index (χ2v) is 17.5. The van der Waals surface area contributed by atoms with E-state index in [9.17, 15) is 0 Å². The normalized spacial score (nSPS) is 12.0. The first-order chi connectivity index (χ1) is 25.1. The first kappa shape index (κ1) is 36.1. The molecular formula is C45H53N3S3. The molecule has 0 fully saturated rings. The molecule has 0 aliphatic carbocycles. The number of hydrogen-bond acceptors (Lipinski definition) is 5. The van der Waals surface area contributed by atoms with Crippen molar-refractivity contribution in [2.24, 2.45) is 0 Å². The third-order valence-electron chi connectivity index (χ3n) is 10.7. The Bertz CT molecular complexity index is 2180. The van der Waals surface area contributed by atoms with E-state index in [1.165, 1.54) is 165 Å². The molecule has 4 heterocycles. The topological polar surface area (TPSA) is 30.7 Å². The number of hydrogen-bond donors (Lipinski definition) is 0. The number of nitrogens with zero attached hydrogens (tertiary/aromatic N) is 3. The van der Waals surface area contributed by atoms with Crippen molar-refractivity contribution in [3.63, 3.8) is 0 Å². The molecule has 6 heteroatoms. The fourth-order valence-corrected chi connectivity index (χ4v) is 10.4. The molecule has 3 aromatic carbocycles. The standard InChI is InChI=1S/C45H53N3S3/c1-5-7-9-11-13-15-17-34(18-16-14-12-10-8-6-2)48-39-24-19-31(3)29-37(39)38-30-33(21-25-40(38)48)41-27-28-43(50-41)36-23-22-35(42-26-20-32(4)49-42)44-45(36)47-51-46-44/h19-30,34H,5-18H2,1-4H3. The summed E-state index contributed by atoms with van der Waals surface area (Å²) in [7, 11) is 0. The Hall–Kier alpha value is -3.32. The second-order valence-electron chi connectivity index (χ2n) is 14.6. The van der Waals surface area contributed by atoms with Crippen LogP contribution in [0.1, 0.15) is 120 Å². The second kappa shape index (κ2) is 17.0. The van der Waals surface area contributed by atoms with E-state index >= 15 is 0 Å². The molecule has 0 aliphatic rings. The van der Waals surface area contributed by atoms with Gasteiger partial charge in [-0.05, 0) is 80.8 Å². The highest BCUT2D eigenvalue weighted by Crippen LogP contribution is 2.43. The van der Waals surface area contributed by atoms with E-state index in [4.69, 9.17) is 8.75 Å². The van der Waals surface area contributed by atoms with Gasteiger partial charge in [-0.3, -0.25) is 0 Å². The Kier molecular flexibility index (Phi) is 12.0. The van der Waals surface area contributed by atoms with Crippen LogP contribution < -0.4 is 0 Å². The minimum atomic E-state index is 0.541. The third-order valence-corrected chi connectivity index (χ3v) is 13.4. The lowest BCUT2D eigenvalue weighted by atomic mass is 9.99. The van der Waals surface area contributed by atoms with Crippen molar-refractivity contribution in [1.29, 1.82) is 0 Å². The zero-order chi connectivity index (χ0) is 35.2. The molecule has 7 aromatic rings. The molecule has 0 atom stereocenters. The summed E-state index contributed by atoms with van der Waals surface area (Å²) in [5.74, 6) is 0. The minimum Gasteiger partial charge on any atom is -0.337 e. The van der Waals surface area contributed by atoms with E-state index in [0.717, 1.165) is 11.0 Å². The van der Waals surface area contributed by atoms with Gasteiger partial charge in [0, 0.05) is 58.5 Å². The minimum absolute atomic E-state index is 0.541. The zero-order valence-electron chi connectivity index (χ0n) is 31.0. The molecular weight excluding hydrogens is 679 g/mol. The van der Waals surface area contributed by atoms with Crippen LogP contribution in [0.15, 0.2) is 72.8 Å². The van der Waals surface area contributed by atoms with Crippen LogP contribution in [-0.4, -0.2) is 13.3 Å². The smallest absolute Gasteiger partial charge is 0.114 e. The molecule has 0 unspecified atom stereocenters. The molecule has 0 saturated heterocycles. The summed E-state index contributed by atoms with van der Waals surface area (Å²) in [4.78, 5) is 5.11. The molecule has 3 nitrogen and oxygen atoms in total. The van der Waals surface area contributed by atoms with Gasteiger partial charge in [0.05, 0.1) is 11.7 Å². The van der Waals surface area contributed by atoms with E-state index in [0.29, 0.717) is 6.04 Å². The van der Waals surface area contributed by atoms with Crippen molar-refractivity contribution in [2.45, 2.75) is 124 Å². The van der Waals surface area contributed by atoms with Crippen molar-refractivity contribution >= 4 is 67.2 Å². The molecule has 266 valence electrons. The molecule has 0 saturated carbocycles. The number of unbranched alkanes of at least 4 members (excludes halogenated alkanes) is 10. The number of aryl methyl sites for hydroxylation is 2. The average Bonchev–Trinajstić information content (AvgIpc) is 3.96. The number of benzene rings is 3. The number of thiophene rings is 2. The Labute approximate surface area is 317 Å². The fraction of sp³-hybridized carbons (Fsp3) is 0.422. The van der Waals surface area contributed by atoms with Crippen LogP contribution in [0.5, 0.6) is 0 Å². The number of rotatable bonds is 18. The lowest BCUT2D eigenvalue weighted by molar-refractivity contribution is 0.410. The van der Waals surface area contributed by atoms with Crippen LogP contribution in [-0.2, 0) is 0 Å². The molecule has 0 amide bonds. The molecule has 7 rings (SSSR count). The first-order valence-electron chi connectivity index (χ1n) is 19.5. The number of aromatic nitrogens is 3. The maximum atomic E-state index is 4.79. The highest BCUT2D eigenvalue weighted by Gasteiger charge is 2.20. The van der Waals surface area contributed by atoms with Gasteiger partial charge in [-0.15, -0.1) is 22.7 Å². The maximum absolute atomic E-state index is 4.79. The number of fused-ring (bicyclic) bond motifs is 4. The van der Waals surface area contributed by atoms with Crippen LogP contribution in [0.3, 0.4) is 0 Å². The molecule has 0 N–H and O–H groups in total. The summed E-state index contributed by atoms with van der Waals surface area (Å²) in [6, 6.07) is 28.4. The predicted octanol–water partition coefficient (Wildman–Crippen LogP) is 15.6. The largest absolute Gasteiger partial charge is 0.337 e. The van der Waals surface area contributed by atoms with E-state index < -0.39 is 0 Å². The van der Waals surface area contributed by atoms with Gasteiger partial charge in [0.25, 0.3) is 0 Å². The van der Waals surface area contributed by atoms with E-state index in [2.05, 4.69) is 105 Å². The first-order valence-corrected chi connectivity index (χ1v) is 21.9. The Morgan fingerprint density at radius 2 is 1.10 bits per heavy atom. The average molecular weight is 732 g/mol. The lowest BCUT2D eigenvalue weighted by Crippen LogP contribution is -2.09. The Morgan fingerprint density at radius 1 is 0.549 bits per heavy atom. The molecule has 0 bridgehead atoms. The Balaban J connectivity index is 1.20. The van der Waals surface area contributed by atoms with Gasteiger partial charge < -0.3 is 4.57 Å². The van der Waals surface area contributed by atoms with Gasteiger partial charge >= 0.3 is 0 Å². The van der Waals surface area contributed by atoms with Gasteiger partial charge in [-0.1, -0.05) is 121 Å². The molecule has 0 spiro atoms. The van der Waals surface area contributed by atoms with Gasteiger partial charge in [0.2, 0.25) is 0 Å². The van der Waals surface area contributed by atoms with Gasteiger partial charge in [-0.2, -0.15) is 8.75 Å². The van der Waals surface area contributed by atoms with Gasteiger partial charge in [-0.25, -0.2) is 0 Å². The summed E-state index contributed by atoms with van der Waals surface area (Å²) < 4.78 is 12.3. The van der Waals surface area contributed by atoms with E-state index in [1.807, 2.05) is 22.7 Å². The Morgan fingerprint density at radius 3 is 1.73 bits per heavy atom. The van der Waals surface area contributed by atoms with Crippen LogP contribution in [0.4, 0.5) is 0 Å². The summed E-state index contributed by atoms with van der Waals surface area (Å²) in [6.07, 6.45) is 18.8. The van der Waals surface area contributed by atoms with Crippen molar-refractivity contribution in [3.8, 4) is 31.3 Å².